The SMILES string of the molecule is NS(=O)(=O)c1ccc(C(F)(F)F)c(NO)c1. The van der Waals surface area contributed by atoms with Crippen LogP contribution in [0.3, 0.4) is 0 Å². The van der Waals surface area contributed by atoms with E-state index >= 15 is 0 Å². The molecule has 0 aromatic heterocycles. The summed E-state index contributed by atoms with van der Waals surface area (Å²) in [5.41, 5.74) is -0.696. The first-order chi connectivity index (χ1) is 7.16. The molecule has 0 bridgehead atoms. The second-order valence-electron chi connectivity index (χ2n) is 2.86. The number of anilines is 1. The predicted molar refractivity (Wildman–Crippen MR) is 48.2 cm³/mol. The molecule has 16 heavy (non-hydrogen) atoms. The average Bonchev–Trinajstić information content (AvgIpc) is 2.14. The molecule has 1 aromatic rings. The van der Waals surface area contributed by atoms with Crippen LogP contribution in [0.15, 0.2) is 23.1 Å². The fraction of sp³-hybridized carbons (Fsp3) is 0.143. The third-order valence-electron chi connectivity index (χ3n) is 1.75. The van der Waals surface area contributed by atoms with Crippen molar-refractivity contribution in [3.8, 4) is 0 Å². The summed E-state index contributed by atoms with van der Waals surface area (Å²) in [4.78, 5) is -0.531. The Kier molecular flexibility index (Phi) is 3.13. The molecule has 1 rings (SSSR count). The number of hydrogen-bond acceptors (Lipinski definition) is 4. The summed E-state index contributed by atoms with van der Waals surface area (Å²) in [6.07, 6.45) is -4.71. The van der Waals surface area contributed by atoms with Gasteiger partial charge in [0.15, 0.2) is 0 Å². The van der Waals surface area contributed by atoms with Crippen LogP contribution >= 0.6 is 0 Å². The van der Waals surface area contributed by atoms with Crippen molar-refractivity contribution >= 4 is 15.7 Å². The Balaban J connectivity index is 3.40. The Morgan fingerprint density at radius 3 is 2.25 bits per heavy atom. The van der Waals surface area contributed by atoms with Crippen LogP contribution in [0, 0.1) is 0 Å². The van der Waals surface area contributed by atoms with Gasteiger partial charge >= 0.3 is 6.18 Å². The van der Waals surface area contributed by atoms with E-state index in [1.807, 2.05) is 0 Å². The lowest BCUT2D eigenvalue weighted by Crippen LogP contribution is -2.15. The molecule has 0 saturated heterocycles. The molecule has 0 aliphatic carbocycles. The zero-order valence-electron chi connectivity index (χ0n) is 7.62. The first kappa shape index (κ1) is 12.7. The largest absolute Gasteiger partial charge is 0.418 e. The number of alkyl halides is 3. The highest BCUT2D eigenvalue weighted by Gasteiger charge is 2.34. The number of benzene rings is 1. The number of halogens is 3. The monoisotopic (exact) mass is 256 g/mol. The normalized spacial score (nSPS) is 12.6. The lowest BCUT2D eigenvalue weighted by atomic mass is 10.2. The van der Waals surface area contributed by atoms with Gasteiger partial charge in [0.25, 0.3) is 0 Å². The quantitative estimate of drug-likeness (QED) is 0.692. The summed E-state index contributed by atoms with van der Waals surface area (Å²) < 4.78 is 58.7. The van der Waals surface area contributed by atoms with Gasteiger partial charge in [0.1, 0.15) is 0 Å². The van der Waals surface area contributed by atoms with Gasteiger partial charge in [-0.25, -0.2) is 13.6 Å². The van der Waals surface area contributed by atoms with Crippen molar-refractivity contribution in [1.29, 1.82) is 0 Å². The van der Waals surface area contributed by atoms with E-state index in [0.717, 1.165) is 0 Å². The molecule has 1 aromatic carbocycles. The zero-order valence-corrected chi connectivity index (χ0v) is 8.43. The molecule has 0 heterocycles. The van der Waals surface area contributed by atoms with Gasteiger partial charge in [-0.15, -0.1) is 0 Å². The second-order valence-corrected chi connectivity index (χ2v) is 4.42. The number of sulfonamides is 1. The van der Waals surface area contributed by atoms with Gasteiger partial charge in [-0.1, -0.05) is 0 Å². The standard InChI is InChI=1S/C7H7F3N2O3S/c8-7(9,10)5-2-1-4(16(11,14)15)3-6(5)12-13/h1-3,12-13H,(H2,11,14,15). The third-order valence-corrected chi connectivity index (χ3v) is 2.66. The summed E-state index contributed by atoms with van der Waals surface area (Å²) >= 11 is 0. The first-order valence-electron chi connectivity index (χ1n) is 3.80. The summed E-state index contributed by atoms with van der Waals surface area (Å²) in [5.74, 6) is 0. The van der Waals surface area contributed by atoms with Crippen molar-refractivity contribution in [3.63, 3.8) is 0 Å². The minimum atomic E-state index is -4.71. The molecule has 0 amide bonds. The topological polar surface area (TPSA) is 92.4 Å². The number of nitrogens with one attached hydrogen (secondary N) is 1. The molecule has 0 aliphatic rings. The van der Waals surface area contributed by atoms with E-state index in [9.17, 15) is 21.6 Å². The van der Waals surface area contributed by atoms with Crippen LogP contribution in [0.2, 0.25) is 0 Å². The summed E-state index contributed by atoms with van der Waals surface area (Å²) in [6, 6.07) is 1.81. The predicted octanol–water partition coefficient (Wildman–Crippen LogP) is 1.15. The smallest absolute Gasteiger partial charge is 0.291 e. The van der Waals surface area contributed by atoms with Crippen LogP contribution in [0.4, 0.5) is 18.9 Å². The van der Waals surface area contributed by atoms with Crippen molar-refractivity contribution in [3.05, 3.63) is 23.8 Å². The highest BCUT2D eigenvalue weighted by atomic mass is 32.2. The summed E-state index contributed by atoms with van der Waals surface area (Å²) in [5, 5.41) is 13.2. The lowest BCUT2D eigenvalue weighted by molar-refractivity contribution is -0.137. The molecule has 0 spiro atoms. The molecule has 0 saturated carbocycles. The highest BCUT2D eigenvalue weighted by Crippen LogP contribution is 2.35. The van der Waals surface area contributed by atoms with Crippen molar-refractivity contribution in [2.75, 3.05) is 5.48 Å². The number of hydrogen-bond donors (Lipinski definition) is 3. The number of primary sulfonamides is 1. The van der Waals surface area contributed by atoms with Gasteiger partial charge in [-0.2, -0.15) is 13.2 Å². The van der Waals surface area contributed by atoms with Gasteiger partial charge in [0, 0.05) is 0 Å². The van der Waals surface area contributed by atoms with E-state index in [0.29, 0.717) is 18.2 Å². The van der Waals surface area contributed by atoms with Gasteiger partial charge in [-0.3, -0.25) is 10.7 Å². The Morgan fingerprint density at radius 1 is 1.31 bits per heavy atom. The van der Waals surface area contributed by atoms with Crippen LogP contribution in [0.5, 0.6) is 0 Å². The van der Waals surface area contributed by atoms with Crippen LogP contribution in [0.25, 0.3) is 0 Å². The minimum absolute atomic E-state index is 0.512. The third kappa shape index (κ3) is 2.62. The molecular formula is C7H7F3N2O3S. The molecular weight excluding hydrogens is 249 g/mol. The van der Waals surface area contributed by atoms with Crippen LogP contribution in [0.1, 0.15) is 5.56 Å². The molecule has 0 fully saturated rings. The van der Waals surface area contributed by atoms with Crippen LogP contribution in [-0.2, 0) is 16.2 Å². The first-order valence-corrected chi connectivity index (χ1v) is 5.35. The van der Waals surface area contributed by atoms with E-state index < -0.39 is 32.3 Å². The van der Waals surface area contributed by atoms with Gasteiger partial charge in [0.05, 0.1) is 16.1 Å². The maximum atomic E-state index is 12.3. The second kappa shape index (κ2) is 3.92. The minimum Gasteiger partial charge on any atom is -0.291 e. The Morgan fingerprint density at radius 2 is 1.88 bits per heavy atom. The molecule has 0 radical (unpaired) electrons. The maximum absolute atomic E-state index is 12.3. The Bertz CT molecular complexity index is 498. The number of nitrogens with two attached hydrogens (primary N) is 1. The lowest BCUT2D eigenvalue weighted by Gasteiger charge is -2.12. The van der Waals surface area contributed by atoms with Crippen molar-refractivity contribution in [2.45, 2.75) is 11.1 Å². The average molecular weight is 256 g/mol. The number of rotatable bonds is 2. The van der Waals surface area contributed by atoms with E-state index in [1.54, 1.807) is 0 Å². The van der Waals surface area contributed by atoms with Gasteiger partial charge < -0.3 is 0 Å². The molecule has 0 unspecified atom stereocenters. The molecule has 4 N–H and O–H groups in total. The molecule has 9 heteroatoms. The van der Waals surface area contributed by atoms with E-state index in [1.165, 1.54) is 5.48 Å². The van der Waals surface area contributed by atoms with Crippen molar-refractivity contribution < 1.29 is 26.8 Å². The Hall–Kier alpha value is -1.32. The van der Waals surface area contributed by atoms with E-state index in [-0.39, 0.29) is 0 Å². The molecule has 0 atom stereocenters. The van der Waals surface area contributed by atoms with E-state index in [2.05, 4.69) is 0 Å². The fourth-order valence-corrected chi connectivity index (χ4v) is 1.58. The molecule has 0 aliphatic heterocycles. The summed E-state index contributed by atoms with van der Waals surface area (Å²) in [6.45, 7) is 0. The maximum Gasteiger partial charge on any atom is 0.418 e. The van der Waals surface area contributed by atoms with Crippen molar-refractivity contribution in [1.82, 2.24) is 0 Å². The van der Waals surface area contributed by atoms with Crippen molar-refractivity contribution in [2.24, 2.45) is 5.14 Å². The molecule has 90 valence electrons. The van der Waals surface area contributed by atoms with E-state index in [4.69, 9.17) is 10.3 Å². The highest BCUT2D eigenvalue weighted by molar-refractivity contribution is 7.89. The Labute approximate surface area is 88.7 Å². The van der Waals surface area contributed by atoms with Gasteiger partial charge in [0.2, 0.25) is 10.0 Å². The van der Waals surface area contributed by atoms with Crippen LogP contribution < -0.4 is 10.6 Å². The van der Waals surface area contributed by atoms with Gasteiger partial charge in [-0.05, 0) is 18.2 Å². The summed E-state index contributed by atoms with van der Waals surface area (Å²) in [7, 11) is -4.12. The van der Waals surface area contributed by atoms with Crippen LogP contribution in [-0.4, -0.2) is 13.6 Å². The molecule has 5 nitrogen and oxygen atoms in total. The zero-order chi connectivity index (χ0) is 12.6. The fourth-order valence-electron chi connectivity index (χ4n) is 1.04.